The van der Waals surface area contributed by atoms with E-state index in [4.69, 9.17) is 57.4 Å². The summed E-state index contributed by atoms with van der Waals surface area (Å²) < 4.78 is 7.60. The zero-order valence-corrected chi connectivity index (χ0v) is 19.6. The monoisotopic (exact) mass is 544 g/mol. The Morgan fingerprint density at radius 2 is 1.36 bits per heavy atom. The van der Waals surface area contributed by atoms with Crippen molar-refractivity contribution >= 4 is 62.1 Å². The molecule has 1 rings (SSSR count). The first-order chi connectivity index (χ1) is 9.31. The van der Waals surface area contributed by atoms with E-state index in [2.05, 4.69) is 0 Å². The maximum absolute atomic E-state index is 12.0. The van der Waals surface area contributed by atoms with Crippen LogP contribution in [0, 0.1) is 6.92 Å². The summed E-state index contributed by atoms with van der Waals surface area (Å²) in [5.41, 5.74) is -0.311. The van der Waals surface area contributed by atoms with Crippen LogP contribution in [0.4, 0.5) is 0 Å². The molecule has 132 valence electrons. The zero-order chi connectivity index (χ0) is 18.2. The van der Waals surface area contributed by atoms with E-state index in [-0.39, 0.29) is 17.8 Å². The first-order valence-electron chi connectivity index (χ1n) is 6.05. The summed E-state index contributed by atoms with van der Waals surface area (Å²) in [6.07, 6.45) is 0. The van der Waals surface area contributed by atoms with Crippen LogP contribution >= 0.6 is 53.0 Å². The zero-order valence-electron chi connectivity index (χ0n) is 12.5. The van der Waals surface area contributed by atoms with Gasteiger partial charge in [0.1, 0.15) is 12.1 Å². The minimum atomic E-state index is -5.42. The first-order valence-corrected chi connectivity index (χ1v) is 25.4. The summed E-state index contributed by atoms with van der Waals surface area (Å²) in [6.45, 7) is 8.92. The van der Waals surface area contributed by atoms with Gasteiger partial charge in [-0.25, -0.2) is 0 Å². The fourth-order valence-electron chi connectivity index (χ4n) is 1.57. The Hall–Kier alpha value is 1.17. The minimum absolute atomic E-state index is 0.0214. The molecule has 0 saturated carbocycles. The molecular formula is C10H17Cl6N2O3Sb. The average Bonchev–Trinajstić information content (AvgIpc) is 2.08. The van der Waals surface area contributed by atoms with Gasteiger partial charge in [-0.15, -0.1) is 4.57 Å². The Balaban J connectivity index is 0.000000534. The molecule has 0 fully saturated rings. The van der Waals surface area contributed by atoms with Crippen molar-refractivity contribution < 1.29 is 8.98 Å². The third-order valence-electron chi connectivity index (χ3n) is 2.22. The van der Waals surface area contributed by atoms with E-state index in [1.165, 1.54) is 4.57 Å². The van der Waals surface area contributed by atoms with E-state index in [0.29, 0.717) is 5.89 Å². The van der Waals surface area contributed by atoms with Gasteiger partial charge in [-0.2, -0.15) is 14.2 Å². The molecule has 0 aliphatic carbocycles. The van der Waals surface area contributed by atoms with E-state index in [1.807, 2.05) is 13.8 Å². The van der Waals surface area contributed by atoms with E-state index in [1.54, 1.807) is 20.8 Å². The van der Waals surface area contributed by atoms with E-state index in [9.17, 15) is 9.59 Å². The quantitative estimate of drug-likeness (QED) is 0.410. The number of aryl methyl sites for hydroxylation is 1. The van der Waals surface area contributed by atoms with Crippen molar-refractivity contribution in [3.8, 4) is 0 Å². The average molecular weight is 548 g/mol. The molecule has 0 spiro atoms. The maximum atomic E-state index is 12.0. The predicted octanol–water partition coefficient (Wildman–Crippen LogP) is 4.32. The predicted molar refractivity (Wildman–Crippen MR) is 95.8 cm³/mol. The van der Waals surface area contributed by atoms with Crippen molar-refractivity contribution in [2.75, 3.05) is 0 Å². The molecule has 0 amide bonds. The summed E-state index contributed by atoms with van der Waals surface area (Å²) in [4.78, 5) is 23.4. The summed E-state index contributed by atoms with van der Waals surface area (Å²) in [6, 6.07) is -0.216. The van der Waals surface area contributed by atoms with Crippen molar-refractivity contribution in [2.45, 2.75) is 46.7 Å². The molecule has 0 aliphatic heterocycles. The van der Waals surface area contributed by atoms with E-state index in [0.717, 1.165) is 4.57 Å². The summed E-state index contributed by atoms with van der Waals surface area (Å²) in [7, 11) is 25.0. The van der Waals surface area contributed by atoms with Crippen LogP contribution in [0.5, 0.6) is 0 Å². The van der Waals surface area contributed by atoms with Gasteiger partial charge in [0.25, 0.3) is 5.89 Å². The SMILES string of the molecule is Cc1oc(=O)n(C(C)C)c(=O)[n+]1C(C)C.[Cl][Sb-]([Cl])([Cl])([Cl])([Cl])[Cl]. The van der Waals surface area contributed by atoms with Gasteiger partial charge in [-0.3, -0.25) is 0 Å². The molecule has 0 radical (unpaired) electrons. The molecule has 12 heteroatoms. The van der Waals surface area contributed by atoms with Crippen LogP contribution < -0.4 is 16.0 Å². The Bertz CT molecular complexity index is 648. The summed E-state index contributed by atoms with van der Waals surface area (Å²) in [5.74, 6) is -0.249. The Labute approximate surface area is 148 Å². The molecule has 0 atom stereocenters. The van der Waals surface area contributed by atoms with E-state index >= 15 is 0 Å². The molecule has 0 N–H and O–H groups in total. The first kappa shape index (κ1) is 23.2. The molecule has 0 bridgehead atoms. The molecule has 0 aromatic carbocycles. The standard InChI is InChI=1S/C10H17N2O3.6ClH.Sb/c1-6(2)11-8(5)15-10(14)12(7(3)4)9(11)13;;;;;;;/h6-7H,1-5H3;6*1H;/q+1;;;;;;;+5/p-6. The van der Waals surface area contributed by atoms with Crippen LogP contribution in [-0.4, -0.2) is 13.7 Å². The molecule has 1 aromatic heterocycles. The Morgan fingerprint density at radius 3 is 1.64 bits per heavy atom. The van der Waals surface area contributed by atoms with Gasteiger partial charge in [0, 0.05) is 6.92 Å². The number of rotatable bonds is 2. The van der Waals surface area contributed by atoms with Crippen LogP contribution in [-0.2, 0) is 0 Å². The second-order valence-corrected chi connectivity index (χ2v) is 62.0. The molecule has 22 heavy (non-hydrogen) atoms. The normalized spacial score (nSPS) is 15.1. The van der Waals surface area contributed by atoms with Crippen molar-refractivity contribution in [3.05, 3.63) is 26.9 Å². The fraction of sp³-hybridized carbons (Fsp3) is 0.700. The fourth-order valence-corrected chi connectivity index (χ4v) is 1.57. The number of aromatic nitrogens is 2. The van der Waals surface area contributed by atoms with Gasteiger partial charge in [-0.1, -0.05) is 0 Å². The van der Waals surface area contributed by atoms with Gasteiger partial charge in [0.2, 0.25) is 0 Å². The van der Waals surface area contributed by atoms with Gasteiger partial charge >= 0.3 is 73.6 Å². The van der Waals surface area contributed by atoms with Gasteiger partial charge in [0.15, 0.2) is 0 Å². The van der Waals surface area contributed by atoms with Gasteiger partial charge in [0.05, 0.1) is 0 Å². The van der Waals surface area contributed by atoms with Crippen molar-refractivity contribution in [1.82, 2.24) is 4.57 Å². The molecule has 1 heterocycles. The molecule has 1 aromatic rings. The number of hydrogen-bond acceptors (Lipinski definition) is 3. The second-order valence-electron chi connectivity index (χ2n) is 5.06. The second kappa shape index (κ2) is 6.82. The van der Waals surface area contributed by atoms with Crippen molar-refractivity contribution in [3.63, 3.8) is 0 Å². The van der Waals surface area contributed by atoms with Crippen LogP contribution in [0.15, 0.2) is 14.0 Å². The molecular weight excluding hydrogens is 531 g/mol. The number of halogens is 6. The molecule has 0 aliphatic rings. The van der Waals surface area contributed by atoms with Crippen LogP contribution in [0.3, 0.4) is 0 Å². The summed E-state index contributed by atoms with van der Waals surface area (Å²) >= 11 is 0. The van der Waals surface area contributed by atoms with Crippen LogP contribution in [0.2, 0.25) is 0 Å². The number of hydrogen-bond donors (Lipinski definition) is 0. The van der Waals surface area contributed by atoms with Crippen molar-refractivity contribution in [1.29, 1.82) is 0 Å². The van der Waals surface area contributed by atoms with Gasteiger partial charge in [-0.05, 0) is 27.7 Å². The summed E-state index contributed by atoms with van der Waals surface area (Å²) in [5, 5.41) is 0. The van der Waals surface area contributed by atoms with E-state index < -0.39 is 14.9 Å². The third-order valence-corrected chi connectivity index (χ3v) is 2.22. The third kappa shape index (κ3) is 10.1. The molecule has 0 saturated heterocycles. The topological polar surface area (TPSA) is 56.1 Å². The molecule has 5 nitrogen and oxygen atoms in total. The van der Waals surface area contributed by atoms with Crippen molar-refractivity contribution in [2.24, 2.45) is 0 Å². The van der Waals surface area contributed by atoms with Crippen LogP contribution in [0.1, 0.15) is 45.7 Å². The Kier molecular flexibility index (Phi) is 7.18. The van der Waals surface area contributed by atoms with Gasteiger partial charge < -0.3 is 4.42 Å². The molecule has 0 unspecified atom stereocenters. The Morgan fingerprint density at radius 1 is 1.00 bits per heavy atom. The number of nitrogens with zero attached hydrogens (tertiary/aromatic N) is 2. The van der Waals surface area contributed by atoms with Crippen LogP contribution in [0.25, 0.3) is 0 Å².